The summed E-state index contributed by atoms with van der Waals surface area (Å²) in [4.78, 5) is 0. The summed E-state index contributed by atoms with van der Waals surface area (Å²) in [6.45, 7) is 13.0. The van der Waals surface area contributed by atoms with Crippen molar-refractivity contribution in [3.05, 3.63) is 35.5 Å². The summed E-state index contributed by atoms with van der Waals surface area (Å²) in [5.41, 5.74) is 2.82. The number of hydrogen-bond acceptors (Lipinski definition) is 4. The van der Waals surface area contributed by atoms with Gasteiger partial charge in [0.05, 0.1) is 23.9 Å². The van der Waals surface area contributed by atoms with Crippen LogP contribution >= 0.6 is 0 Å². The van der Waals surface area contributed by atoms with Gasteiger partial charge in [0, 0.05) is 13.0 Å². The van der Waals surface area contributed by atoms with Gasteiger partial charge in [0.15, 0.2) is 0 Å². The molecule has 0 heterocycles. The molecule has 30 heavy (non-hydrogen) atoms. The third-order valence-electron chi connectivity index (χ3n) is 7.96. The number of rotatable bonds is 6. The van der Waals surface area contributed by atoms with Gasteiger partial charge < -0.3 is 20.1 Å². The molecule has 170 valence electrons. The van der Waals surface area contributed by atoms with Crippen LogP contribution in [0.25, 0.3) is 0 Å². The lowest BCUT2D eigenvalue weighted by Gasteiger charge is -2.44. The fourth-order valence-corrected chi connectivity index (χ4v) is 6.13. The Bertz CT molecular complexity index is 686. The maximum absolute atomic E-state index is 10.1. The van der Waals surface area contributed by atoms with Crippen molar-refractivity contribution in [2.24, 2.45) is 17.3 Å². The molecule has 0 aromatic carbocycles. The molecule has 3 rings (SSSR count). The van der Waals surface area contributed by atoms with E-state index in [9.17, 15) is 15.3 Å². The maximum atomic E-state index is 10.1. The van der Waals surface area contributed by atoms with Crippen molar-refractivity contribution < 1.29 is 20.1 Å². The molecule has 0 amide bonds. The first-order chi connectivity index (χ1) is 14.0. The summed E-state index contributed by atoms with van der Waals surface area (Å²) in [6, 6.07) is 0. The van der Waals surface area contributed by atoms with Crippen LogP contribution in [0.5, 0.6) is 0 Å². The van der Waals surface area contributed by atoms with Crippen molar-refractivity contribution >= 4 is 0 Å². The van der Waals surface area contributed by atoms with Crippen LogP contribution in [0.1, 0.15) is 79.1 Å². The third kappa shape index (κ3) is 5.27. The van der Waals surface area contributed by atoms with Crippen LogP contribution in [0.15, 0.2) is 35.5 Å². The summed E-state index contributed by atoms with van der Waals surface area (Å²) in [5, 5.41) is 30.1. The first-order valence-corrected chi connectivity index (χ1v) is 11.8. The van der Waals surface area contributed by atoms with Gasteiger partial charge in [0.2, 0.25) is 0 Å². The van der Waals surface area contributed by atoms with Crippen LogP contribution in [0.2, 0.25) is 0 Å². The molecule has 0 aromatic heterocycles. The molecule has 0 bridgehead atoms. The molecule has 6 atom stereocenters. The molecule has 0 aromatic rings. The summed E-state index contributed by atoms with van der Waals surface area (Å²) in [5.74, 6) is 1.11. The Balaban J connectivity index is 1.70. The number of fused-ring (bicyclic) bond motifs is 1. The average molecular weight is 419 g/mol. The lowest BCUT2D eigenvalue weighted by atomic mass is 9.62. The Morgan fingerprint density at radius 2 is 2.00 bits per heavy atom. The second-order valence-corrected chi connectivity index (χ2v) is 10.8. The highest BCUT2D eigenvalue weighted by Crippen LogP contribution is 2.58. The smallest absolute Gasteiger partial charge is 0.0811 e. The van der Waals surface area contributed by atoms with E-state index >= 15 is 0 Å². The number of hydrogen-bond donors (Lipinski definition) is 3. The monoisotopic (exact) mass is 418 g/mol. The molecule has 0 aliphatic heterocycles. The maximum Gasteiger partial charge on any atom is 0.0811 e. The van der Waals surface area contributed by atoms with E-state index in [-0.39, 0.29) is 11.5 Å². The van der Waals surface area contributed by atoms with Crippen molar-refractivity contribution in [2.45, 2.75) is 103 Å². The van der Waals surface area contributed by atoms with Crippen LogP contribution in [-0.2, 0) is 4.74 Å². The molecule has 4 nitrogen and oxygen atoms in total. The zero-order valence-electron chi connectivity index (χ0n) is 19.4. The fraction of sp³-hybridized carbons (Fsp3) is 0.769. The van der Waals surface area contributed by atoms with Gasteiger partial charge in [-0.3, -0.25) is 0 Å². The molecule has 3 aliphatic carbocycles. The summed E-state index contributed by atoms with van der Waals surface area (Å²) in [7, 11) is 0. The van der Waals surface area contributed by atoms with E-state index in [2.05, 4.69) is 32.6 Å². The van der Waals surface area contributed by atoms with E-state index in [4.69, 9.17) is 4.74 Å². The molecule has 4 heteroatoms. The van der Waals surface area contributed by atoms with Gasteiger partial charge in [-0.2, -0.15) is 0 Å². The molecule has 0 saturated heterocycles. The standard InChI is InChI=1S/C26H42O4/c1-17-20(15-21(27)16-24(17)28)9-8-19-7-6-12-26(5)22(10-11-23(19)26)18(2)30-14-13-25(3,4)29/h8-9,18,21-24,27-29H,1,6-7,10-16H2,2-5H3/b19-8+,20-9-/t18-,21+,22+,23-,24?,26+/m0/s1. The lowest BCUT2D eigenvalue weighted by molar-refractivity contribution is -0.0454. The predicted octanol–water partition coefficient (Wildman–Crippen LogP) is 4.69. The number of aliphatic hydroxyl groups is 3. The van der Waals surface area contributed by atoms with Gasteiger partial charge in [-0.05, 0) is 94.1 Å². The topological polar surface area (TPSA) is 69.9 Å². The summed E-state index contributed by atoms with van der Waals surface area (Å²) >= 11 is 0. The van der Waals surface area contributed by atoms with E-state index in [1.54, 1.807) is 0 Å². The predicted molar refractivity (Wildman–Crippen MR) is 121 cm³/mol. The molecular weight excluding hydrogens is 376 g/mol. The molecule has 0 spiro atoms. The average Bonchev–Trinajstić information content (AvgIpc) is 3.00. The van der Waals surface area contributed by atoms with Crippen molar-refractivity contribution in [3.8, 4) is 0 Å². The largest absolute Gasteiger partial charge is 0.393 e. The van der Waals surface area contributed by atoms with Crippen LogP contribution in [0.3, 0.4) is 0 Å². The Hall–Kier alpha value is -0.940. The quantitative estimate of drug-likeness (QED) is 0.585. The van der Waals surface area contributed by atoms with Crippen LogP contribution in [-0.4, -0.2) is 45.8 Å². The van der Waals surface area contributed by atoms with Crippen LogP contribution in [0.4, 0.5) is 0 Å². The van der Waals surface area contributed by atoms with E-state index in [0.717, 1.165) is 17.6 Å². The lowest BCUT2D eigenvalue weighted by Crippen LogP contribution is -2.39. The highest BCUT2D eigenvalue weighted by molar-refractivity contribution is 5.38. The summed E-state index contributed by atoms with van der Waals surface area (Å²) in [6.07, 6.45) is 11.0. The van der Waals surface area contributed by atoms with E-state index in [1.807, 2.05) is 13.8 Å². The van der Waals surface area contributed by atoms with Crippen molar-refractivity contribution in [1.29, 1.82) is 0 Å². The SMILES string of the molecule is C=C1/C(=C\C=C2/CCC[C@]3(C)[C@@H]([C@H](C)OCCC(C)(C)O)CC[C@@H]23)C[C@@H](O)CC1O. The van der Waals surface area contributed by atoms with Gasteiger partial charge in [-0.15, -0.1) is 0 Å². The Morgan fingerprint density at radius 1 is 1.27 bits per heavy atom. The zero-order chi connectivity index (χ0) is 22.1. The van der Waals surface area contributed by atoms with Gasteiger partial charge in [-0.1, -0.05) is 31.2 Å². The van der Waals surface area contributed by atoms with Crippen LogP contribution in [0, 0.1) is 17.3 Å². The second kappa shape index (κ2) is 9.28. The van der Waals surface area contributed by atoms with Crippen molar-refractivity contribution in [2.75, 3.05) is 6.61 Å². The third-order valence-corrected chi connectivity index (χ3v) is 7.96. The molecule has 3 saturated carbocycles. The molecule has 0 radical (unpaired) electrons. The number of aliphatic hydroxyl groups excluding tert-OH is 2. The highest BCUT2D eigenvalue weighted by atomic mass is 16.5. The van der Waals surface area contributed by atoms with Gasteiger partial charge >= 0.3 is 0 Å². The molecular formula is C26H42O4. The Morgan fingerprint density at radius 3 is 2.70 bits per heavy atom. The number of allylic oxidation sites excluding steroid dienone is 3. The summed E-state index contributed by atoms with van der Waals surface area (Å²) < 4.78 is 6.19. The molecule has 1 unspecified atom stereocenters. The van der Waals surface area contributed by atoms with Gasteiger partial charge in [-0.25, -0.2) is 0 Å². The van der Waals surface area contributed by atoms with E-state index in [0.29, 0.717) is 37.7 Å². The minimum Gasteiger partial charge on any atom is -0.393 e. The van der Waals surface area contributed by atoms with Gasteiger partial charge in [0.25, 0.3) is 0 Å². The van der Waals surface area contributed by atoms with Gasteiger partial charge in [0.1, 0.15) is 0 Å². The molecule has 3 fully saturated rings. The van der Waals surface area contributed by atoms with E-state index in [1.165, 1.54) is 31.3 Å². The van der Waals surface area contributed by atoms with Crippen LogP contribution < -0.4 is 0 Å². The first kappa shape index (κ1) is 23.7. The Labute approximate surface area is 182 Å². The normalized spacial score (nSPS) is 38.8. The van der Waals surface area contributed by atoms with Crippen molar-refractivity contribution in [3.63, 3.8) is 0 Å². The van der Waals surface area contributed by atoms with E-state index < -0.39 is 17.8 Å². The fourth-order valence-electron chi connectivity index (χ4n) is 6.13. The number of ether oxygens (including phenoxy) is 1. The first-order valence-electron chi connectivity index (χ1n) is 11.8. The van der Waals surface area contributed by atoms with Crippen molar-refractivity contribution in [1.82, 2.24) is 0 Å². The highest BCUT2D eigenvalue weighted by Gasteiger charge is 2.51. The minimum atomic E-state index is -0.680. The minimum absolute atomic E-state index is 0.198. The molecule has 3 aliphatic rings. The second-order valence-electron chi connectivity index (χ2n) is 10.8. The molecule has 3 N–H and O–H groups in total. The zero-order valence-corrected chi connectivity index (χ0v) is 19.4. The Kier molecular flexibility index (Phi) is 7.33.